The number of ether oxygens (including phenoxy) is 1. The summed E-state index contributed by atoms with van der Waals surface area (Å²) >= 11 is 0. The van der Waals surface area contributed by atoms with Crippen molar-refractivity contribution in [3.05, 3.63) is 29.8 Å². The zero-order valence-corrected chi connectivity index (χ0v) is 16.5. The second kappa shape index (κ2) is 8.70. The lowest BCUT2D eigenvalue weighted by atomic mass is 9.87. The topological polar surface area (TPSA) is 41.6 Å². The molecule has 1 aromatic carbocycles. The third kappa shape index (κ3) is 6.03. The van der Waals surface area contributed by atoms with E-state index in [2.05, 4.69) is 50.0 Å². The molecule has 0 aromatic heterocycles. The van der Waals surface area contributed by atoms with Crippen LogP contribution in [0.1, 0.15) is 59.4 Å². The Morgan fingerprint density at radius 2 is 1.84 bits per heavy atom. The lowest BCUT2D eigenvalue weighted by molar-refractivity contribution is -0.128. The first-order valence-electron chi connectivity index (χ1n) is 9.59. The average Bonchev–Trinajstić information content (AvgIpc) is 2.56. The number of benzene rings is 1. The van der Waals surface area contributed by atoms with Crippen LogP contribution in [0.4, 0.5) is 0 Å². The van der Waals surface area contributed by atoms with Gasteiger partial charge in [0.1, 0.15) is 5.75 Å². The van der Waals surface area contributed by atoms with E-state index >= 15 is 0 Å². The predicted molar refractivity (Wildman–Crippen MR) is 103 cm³/mol. The van der Waals surface area contributed by atoms with Gasteiger partial charge in [-0.25, -0.2) is 0 Å². The first-order valence-corrected chi connectivity index (χ1v) is 9.59. The van der Waals surface area contributed by atoms with Crippen LogP contribution in [0.3, 0.4) is 0 Å². The standard InChI is InChI=1S/C21H34N2O2/c1-6-13-23-14-11-18(12-15-23)22-20(24)16(2)25-19-9-7-17(8-10-19)21(3,4)5/h7-10,16,18H,6,11-15H2,1-5H3,(H,22,24)/t16-/m0/s1. The Labute approximate surface area is 152 Å². The second-order valence-corrected chi connectivity index (χ2v) is 8.16. The third-order valence-electron chi connectivity index (χ3n) is 4.88. The second-order valence-electron chi connectivity index (χ2n) is 8.16. The summed E-state index contributed by atoms with van der Waals surface area (Å²) in [6.07, 6.45) is 2.77. The van der Waals surface area contributed by atoms with E-state index in [0.29, 0.717) is 0 Å². The largest absolute Gasteiger partial charge is 0.481 e. The number of nitrogens with one attached hydrogen (secondary N) is 1. The van der Waals surface area contributed by atoms with Crippen LogP contribution in [0.25, 0.3) is 0 Å². The minimum absolute atomic E-state index is 0.0196. The molecule has 4 heteroatoms. The number of nitrogens with zero attached hydrogens (tertiary/aromatic N) is 1. The number of piperidine rings is 1. The monoisotopic (exact) mass is 346 g/mol. The molecule has 0 unspecified atom stereocenters. The fraction of sp³-hybridized carbons (Fsp3) is 0.667. The molecule has 1 aliphatic heterocycles. The van der Waals surface area contributed by atoms with E-state index in [0.717, 1.165) is 38.2 Å². The van der Waals surface area contributed by atoms with Crippen molar-refractivity contribution in [3.63, 3.8) is 0 Å². The van der Waals surface area contributed by atoms with Crippen LogP contribution >= 0.6 is 0 Å². The molecule has 1 heterocycles. The summed E-state index contributed by atoms with van der Waals surface area (Å²) in [7, 11) is 0. The summed E-state index contributed by atoms with van der Waals surface area (Å²) < 4.78 is 5.82. The van der Waals surface area contributed by atoms with Crippen molar-refractivity contribution in [1.82, 2.24) is 10.2 Å². The molecule has 1 N–H and O–H groups in total. The molecule has 0 aliphatic carbocycles. The smallest absolute Gasteiger partial charge is 0.260 e. The van der Waals surface area contributed by atoms with E-state index in [-0.39, 0.29) is 17.4 Å². The fourth-order valence-corrected chi connectivity index (χ4v) is 3.23. The number of hydrogen-bond acceptors (Lipinski definition) is 3. The summed E-state index contributed by atoms with van der Waals surface area (Å²) in [5.41, 5.74) is 1.38. The SMILES string of the molecule is CCCN1CCC(NC(=O)[C@H](C)Oc2ccc(C(C)(C)C)cc2)CC1. The van der Waals surface area contributed by atoms with Gasteiger partial charge < -0.3 is 15.0 Å². The highest BCUT2D eigenvalue weighted by molar-refractivity contribution is 5.81. The molecule has 1 aliphatic rings. The fourth-order valence-electron chi connectivity index (χ4n) is 3.23. The molecule has 0 bridgehead atoms. The van der Waals surface area contributed by atoms with Gasteiger partial charge in [-0.1, -0.05) is 39.8 Å². The molecule has 0 saturated carbocycles. The quantitative estimate of drug-likeness (QED) is 0.853. The molecular weight excluding hydrogens is 312 g/mol. The van der Waals surface area contributed by atoms with E-state index in [9.17, 15) is 4.79 Å². The van der Waals surface area contributed by atoms with Crippen molar-refractivity contribution >= 4 is 5.91 Å². The molecule has 1 aromatic rings. The highest BCUT2D eigenvalue weighted by atomic mass is 16.5. The van der Waals surface area contributed by atoms with Gasteiger partial charge in [0.05, 0.1) is 0 Å². The normalized spacial score (nSPS) is 18.0. The maximum Gasteiger partial charge on any atom is 0.260 e. The molecule has 1 amide bonds. The molecule has 140 valence electrons. The van der Waals surface area contributed by atoms with Gasteiger partial charge in [0.25, 0.3) is 5.91 Å². The Hall–Kier alpha value is -1.55. The predicted octanol–water partition coefficient (Wildman–Crippen LogP) is 3.74. The summed E-state index contributed by atoms with van der Waals surface area (Å²) in [5.74, 6) is 0.724. The molecule has 4 nitrogen and oxygen atoms in total. The highest BCUT2D eigenvalue weighted by Crippen LogP contribution is 2.24. The lowest BCUT2D eigenvalue weighted by Gasteiger charge is -2.32. The van der Waals surface area contributed by atoms with E-state index in [4.69, 9.17) is 4.74 Å². The first kappa shape index (κ1) is 19.8. The van der Waals surface area contributed by atoms with Crippen molar-refractivity contribution in [2.75, 3.05) is 19.6 Å². The van der Waals surface area contributed by atoms with Crippen LogP contribution in [0.5, 0.6) is 5.75 Å². The van der Waals surface area contributed by atoms with E-state index in [1.165, 1.54) is 12.0 Å². The van der Waals surface area contributed by atoms with Gasteiger partial charge in [0.15, 0.2) is 6.10 Å². The van der Waals surface area contributed by atoms with Gasteiger partial charge in [-0.05, 0) is 55.8 Å². The Kier molecular flexibility index (Phi) is 6.88. The minimum Gasteiger partial charge on any atom is -0.481 e. The first-order chi connectivity index (χ1) is 11.8. The molecule has 1 fully saturated rings. The van der Waals surface area contributed by atoms with Crippen LogP contribution < -0.4 is 10.1 Å². The zero-order chi connectivity index (χ0) is 18.4. The number of carbonyl (C=O) groups is 1. The number of rotatable bonds is 6. The molecule has 2 rings (SSSR count). The van der Waals surface area contributed by atoms with E-state index in [1.54, 1.807) is 0 Å². The Morgan fingerprint density at radius 3 is 2.36 bits per heavy atom. The Bertz CT molecular complexity index is 540. The Balaban J connectivity index is 1.80. The average molecular weight is 347 g/mol. The lowest BCUT2D eigenvalue weighted by Crippen LogP contribution is -2.48. The van der Waals surface area contributed by atoms with Crippen molar-refractivity contribution in [2.45, 2.75) is 71.4 Å². The summed E-state index contributed by atoms with van der Waals surface area (Å²) in [6, 6.07) is 8.32. The third-order valence-corrected chi connectivity index (χ3v) is 4.88. The van der Waals surface area contributed by atoms with Gasteiger partial charge in [-0.3, -0.25) is 4.79 Å². The van der Waals surface area contributed by atoms with Gasteiger partial charge in [-0.15, -0.1) is 0 Å². The maximum absolute atomic E-state index is 12.4. The molecule has 0 radical (unpaired) electrons. The van der Waals surface area contributed by atoms with E-state index < -0.39 is 6.10 Å². The number of amides is 1. The highest BCUT2D eigenvalue weighted by Gasteiger charge is 2.23. The van der Waals surface area contributed by atoms with Crippen LogP contribution in [0.2, 0.25) is 0 Å². The minimum atomic E-state index is -0.478. The van der Waals surface area contributed by atoms with Crippen molar-refractivity contribution in [3.8, 4) is 5.75 Å². The number of hydrogen-bond donors (Lipinski definition) is 1. The van der Waals surface area contributed by atoms with E-state index in [1.807, 2.05) is 19.1 Å². The molecule has 1 atom stereocenters. The maximum atomic E-state index is 12.4. The molecule has 1 saturated heterocycles. The zero-order valence-electron chi connectivity index (χ0n) is 16.5. The number of likely N-dealkylation sites (tertiary alicyclic amines) is 1. The summed E-state index contributed by atoms with van der Waals surface area (Å²) in [6.45, 7) is 13.9. The Morgan fingerprint density at radius 1 is 1.24 bits per heavy atom. The van der Waals surface area contributed by atoms with Crippen molar-refractivity contribution in [1.29, 1.82) is 0 Å². The van der Waals surface area contributed by atoms with Crippen molar-refractivity contribution in [2.24, 2.45) is 0 Å². The summed E-state index contributed by atoms with van der Waals surface area (Å²) in [4.78, 5) is 14.9. The van der Waals surface area contributed by atoms with Crippen LogP contribution in [-0.4, -0.2) is 42.6 Å². The van der Waals surface area contributed by atoms with Crippen LogP contribution in [-0.2, 0) is 10.2 Å². The van der Waals surface area contributed by atoms with Gasteiger partial charge in [0, 0.05) is 19.1 Å². The van der Waals surface area contributed by atoms with Crippen molar-refractivity contribution < 1.29 is 9.53 Å². The van der Waals surface area contributed by atoms with Gasteiger partial charge in [0.2, 0.25) is 0 Å². The van der Waals surface area contributed by atoms with Crippen LogP contribution in [0.15, 0.2) is 24.3 Å². The summed E-state index contributed by atoms with van der Waals surface area (Å²) in [5, 5.41) is 3.15. The molecular formula is C21H34N2O2. The molecule has 25 heavy (non-hydrogen) atoms. The number of carbonyl (C=O) groups excluding carboxylic acids is 1. The van der Waals surface area contributed by atoms with Gasteiger partial charge >= 0.3 is 0 Å². The van der Waals surface area contributed by atoms with Crippen LogP contribution in [0, 0.1) is 0 Å². The molecule has 0 spiro atoms. The van der Waals surface area contributed by atoms with Gasteiger partial charge in [-0.2, -0.15) is 0 Å².